The van der Waals surface area contributed by atoms with Crippen LogP contribution in [-0.2, 0) is 4.79 Å². The molecule has 3 heteroatoms. The van der Waals surface area contributed by atoms with Crippen LogP contribution in [0.1, 0.15) is 27.2 Å². The summed E-state index contributed by atoms with van der Waals surface area (Å²) in [7, 11) is 0. The van der Waals surface area contributed by atoms with Gasteiger partial charge >= 0.3 is 29.0 Å². The van der Waals surface area contributed by atoms with Crippen molar-refractivity contribution in [3.05, 3.63) is 0 Å². The highest BCUT2D eigenvalue weighted by Gasteiger charge is 2.23. The summed E-state index contributed by atoms with van der Waals surface area (Å²) in [5.41, 5.74) is -0.542. The van der Waals surface area contributed by atoms with Crippen LogP contribution in [0.25, 0.3) is 0 Å². The molecule has 0 aliphatic rings. The highest BCUT2D eigenvalue weighted by molar-refractivity contribution is 5.75. The predicted octanol–water partition coefficient (Wildman–Crippen LogP) is 0.591. The van der Waals surface area contributed by atoms with Gasteiger partial charge in [0.25, 0.3) is 0 Å². The van der Waals surface area contributed by atoms with Crippen LogP contribution in [0.15, 0.2) is 0 Å². The van der Waals surface area contributed by atoms with Gasteiger partial charge in [0.05, 0.1) is 5.41 Å². The lowest BCUT2D eigenvalue weighted by Crippen LogP contribution is -2.21. The molecule has 52 valence electrons. The summed E-state index contributed by atoms with van der Waals surface area (Å²) >= 11 is 0. The van der Waals surface area contributed by atoms with Gasteiger partial charge in [-0.1, -0.05) is 6.92 Å². The molecule has 0 fully saturated rings. The van der Waals surface area contributed by atoms with Gasteiger partial charge in [-0.25, -0.2) is 0 Å². The topological polar surface area (TPSA) is 37.3 Å². The molecule has 0 aliphatic carbocycles. The second kappa shape index (κ2) is 4.12. The van der Waals surface area contributed by atoms with E-state index in [9.17, 15) is 4.79 Å². The lowest BCUT2D eigenvalue weighted by atomic mass is 9.91. The van der Waals surface area contributed by atoms with Crippen molar-refractivity contribution < 1.29 is 9.90 Å². The summed E-state index contributed by atoms with van der Waals surface area (Å²) in [6, 6.07) is 0. The maximum atomic E-state index is 10.3. The van der Waals surface area contributed by atoms with Crippen molar-refractivity contribution in [2.45, 2.75) is 27.2 Å². The quantitative estimate of drug-likeness (QED) is 0.573. The van der Waals surface area contributed by atoms with Crippen LogP contribution < -0.4 is 0 Å². The summed E-state index contributed by atoms with van der Waals surface area (Å²) in [5.74, 6) is -0.722. The molecule has 0 atom stereocenters. The lowest BCUT2D eigenvalue weighted by molar-refractivity contribution is -0.147. The third kappa shape index (κ3) is 3.75. The summed E-state index contributed by atoms with van der Waals surface area (Å²) < 4.78 is 0. The molecule has 0 spiro atoms. The van der Waals surface area contributed by atoms with Crippen LogP contribution in [0.4, 0.5) is 0 Å². The normalized spacial score (nSPS) is 10.1. The van der Waals surface area contributed by atoms with Gasteiger partial charge in [-0.3, -0.25) is 4.79 Å². The van der Waals surface area contributed by atoms with E-state index in [2.05, 4.69) is 0 Å². The number of hydrogen-bond donors (Lipinski definition) is 1. The second-order valence-electron chi connectivity index (χ2n) is 2.54. The van der Waals surface area contributed by atoms with Crippen molar-refractivity contribution in [3.63, 3.8) is 0 Å². The van der Waals surface area contributed by atoms with Gasteiger partial charge in [-0.2, -0.15) is 0 Å². The standard InChI is InChI=1S/C6H12O2.Mg.2H/c1-4-6(2,3)5(7)8;;;/h4H2,1-3H3,(H,7,8);;;. The number of rotatable bonds is 2. The molecule has 0 aromatic carbocycles. The lowest BCUT2D eigenvalue weighted by Gasteiger charge is -2.14. The van der Waals surface area contributed by atoms with Crippen LogP contribution in [0.3, 0.4) is 0 Å². The van der Waals surface area contributed by atoms with E-state index in [0.717, 1.165) is 0 Å². The smallest absolute Gasteiger partial charge is 0.316 e. The second-order valence-corrected chi connectivity index (χ2v) is 2.54. The zero-order valence-corrected chi connectivity index (χ0v) is 5.56. The van der Waals surface area contributed by atoms with Crippen LogP contribution >= 0.6 is 0 Å². The van der Waals surface area contributed by atoms with Crippen molar-refractivity contribution in [3.8, 4) is 0 Å². The molecule has 0 rings (SSSR count). The summed E-state index contributed by atoms with van der Waals surface area (Å²) in [4.78, 5) is 10.3. The number of aliphatic carboxylic acids is 1. The van der Waals surface area contributed by atoms with E-state index in [4.69, 9.17) is 5.11 Å². The van der Waals surface area contributed by atoms with E-state index in [1.165, 1.54) is 0 Å². The molecule has 0 aromatic rings. The molecule has 1 N–H and O–H groups in total. The van der Waals surface area contributed by atoms with E-state index in [1.807, 2.05) is 6.92 Å². The molecule has 0 aromatic heterocycles. The van der Waals surface area contributed by atoms with E-state index in [-0.39, 0.29) is 23.1 Å². The molecule has 0 saturated carbocycles. The molecular weight excluding hydrogens is 128 g/mol. The average molecular weight is 142 g/mol. The molecule has 9 heavy (non-hydrogen) atoms. The van der Waals surface area contributed by atoms with Gasteiger partial charge in [0.15, 0.2) is 0 Å². The monoisotopic (exact) mass is 142 g/mol. The van der Waals surface area contributed by atoms with Crippen molar-refractivity contribution in [2.75, 3.05) is 0 Å². The van der Waals surface area contributed by atoms with Gasteiger partial charge in [0, 0.05) is 0 Å². The van der Waals surface area contributed by atoms with Crippen molar-refractivity contribution >= 4 is 29.0 Å². The molecule has 0 amide bonds. The zero-order valence-electron chi connectivity index (χ0n) is 5.56. The first-order valence-corrected chi connectivity index (χ1v) is 2.74. The number of hydrogen-bond acceptors (Lipinski definition) is 1. The zero-order chi connectivity index (χ0) is 6.78. The van der Waals surface area contributed by atoms with Gasteiger partial charge in [-0.15, -0.1) is 0 Å². The minimum Gasteiger partial charge on any atom is -0.481 e. The summed E-state index contributed by atoms with van der Waals surface area (Å²) in [5, 5.41) is 8.44. The molecule has 2 nitrogen and oxygen atoms in total. The summed E-state index contributed by atoms with van der Waals surface area (Å²) in [6.45, 7) is 5.30. The van der Waals surface area contributed by atoms with Crippen molar-refractivity contribution in [1.29, 1.82) is 0 Å². The molecule has 0 saturated heterocycles. The minimum atomic E-state index is -0.722. The number of carboxylic acid groups (broad SMARTS) is 1. The van der Waals surface area contributed by atoms with Crippen LogP contribution in [0.5, 0.6) is 0 Å². The molecule has 0 bridgehead atoms. The Balaban J connectivity index is 0. The SMILES string of the molecule is CCC(C)(C)C(=O)O.[MgH2]. The van der Waals surface area contributed by atoms with Gasteiger partial charge in [-0.05, 0) is 20.3 Å². The minimum absolute atomic E-state index is 0. The fourth-order valence-electron chi connectivity index (χ4n) is 0.151. The Kier molecular flexibility index (Phi) is 5.47. The predicted molar refractivity (Wildman–Crippen MR) is 40.3 cm³/mol. The highest BCUT2D eigenvalue weighted by Crippen LogP contribution is 2.18. The Morgan fingerprint density at radius 1 is 1.56 bits per heavy atom. The van der Waals surface area contributed by atoms with E-state index in [1.54, 1.807) is 13.8 Å². The molecular formula is C6H14MgO2. The van der Waals surface area contributed by atoms with Gasteiger partial charge in [0.2, 0.25) is 0 Å². The first kappa shape index (κ1) is 12.0. The third-order valence-electron chi connectivity index (χ3n) is 1.46. The van der Waals surface area contributed by atoms with E-state index < -0.39 is 11.4 Å². The van der Waals surface area contributed by atoms with Crippen LogP contribution in [0.2, 0.25) is 0 Å². The van der Waals surface area contributed by atoms with Crippen molar-refractivity contribution in [1.82, 2.24) is 0 Å². The highest BCUT2D eigenvalue weighted by atomic mass is 24.3. The first-order valence-electron chi connectivity index (χ1n) is 2.74. The fraction of sp³-hybridized carbons (Fsp3) is 0.833. The molecule has 0 aliphatic heterocycles. The third-order valence-corrected chi connectivity index (χ3v) is 1.46. The average Bonchev–Trinajstić information content (AvgIpc) is 1.67. The van der Waals surface area contributed by atoms with Gasteiger partial charge in [0.1, 0.15) is 0 Å². The Morgan fingerprint density at radius 2 is 1.89 bits per heavy atom. The largest absolute Gasteiger partial charge is 0.481 e. The maximum Gasteiger partial charge on any atom is 0.316 e. The molecule has 0 heterocycles. The Hall–Kier alpha value is 0.236. The van der Waals surface area contributed by atoms with Crippen LogP contribution in [0, 0.1) is 5.41 Å². The van der Waals surface area contributed by atoms with E-state index in [0.29, 0.717) is 6.42 Å². The summed E-state index contributed by atoms with van der Waals surface area (Å²) in [6.07, 6.45) is 0.683. The Morgan fingerprint density at radius 3 is 1.89 bits per heavy atom. The van der Waals surface area contributed by atoms with E-state index >= 15 is 0 Å². The first-order chi connectivity index (χ1) is 3.50. The maximum absolute atomic E-state index is 10.3. The Bertz CT molecular complexity index is 99.2. The van der Waals surface area contributed by atoms with Crippen LogP contribution in [-0.4, -0.2) is 34.1 Å². The Labute approximate surface area is 71.8 Å². The molecule has 0 radical (unpaired) electrons. The van der Waals surface area contributed by atoms with Crippen molar-refractivity contribution in [2.24, 2.45) is 5.41 Å². The number of carbonyl (C=O) groups is 1. The fourth-order valence-corrected chi connectivity index (χ4v) is 0.151. The molecule has 0 unspecified atom stereocenters. The van der Waals surface area contributed by atoms with Gasteiger partial charge < -0.3 is 5.11 Å². The number of carboxylic acids is 1.